The van der Waals surface area contributed by atoms with Gasteiger partial charge in [-0.3, -0.25) is 0 Å². The van der Waals surface area contributed by atoms with Gasteiger partial charge in [0.15, 0.2) is 0 Å². The van der Waals surface area contributed by atoms with Crippen molar-refractivity contribution in [2.45, 2.75) is 101 Å². The van der Waals surface area contributed by atoms with Crippen LogP contribution in [0.2, 0.25) is 0 Å². The number of halogens is 4. The minimum Gasteiger partial charge on any atom is -0.462 e. The number of hydrogen-bond donors (Lipinski definition) is 0. The highest BCUT2D eigenvalue weighted by molar-refractivity contribution is 6.73. The predicted octanol–water partition coefficient (Wildman–Crippen LogP) is 8.50. The molecule has 0 fully saturated rings. The minimum atomic E-state index is -1.78. The molecule has 0 aliphatic rings. The second-order valence-electron chi connectivity index (χ2n) is 6.75. The minimum absolute atomic E-state index is 0.159. The van der Waals surface area contributed by atoms with Crippen LogP contribution < -0.4 is 0 Å². The molecule has 0 radical (unpaired) electrons. The van der Waals surface area contributed by atoms with Crippen LogP contribution in [-0.2, 0) is 9.53 Å². The first-order chi connectivity index (χ1) is 12.4. The molecule has 6 heteroatoms. The predicted molar refractivity (Wildman–Crippen MR) is 115 cm³/mol. The van der Waals surface area contributed by atoms with E-state index in [9.17, 15) is 4.79 Å². The van der Waals surface area contributed by atoms with Crippen LogP contribution in [0, 0.1) is 0 Å². The maximum atomic E-state index is 11.5. The standard InChI is InChI=1S/C20H34Cl4O2/c1-2-3-4-5-6-7-8-9-10-11-12-13-14-15-16-26-19(25)17-18(21)20(22,23)24/h17H,2-16H2,1H3/b18-17-. The van der Waals surface area contributed by atoms with Crippen molar-refractivity contribution in [3.8, 4) is 0 Å². The summed E-state index contributed by atoms with van der Waals surface area (Å²) in [5.74, 6) is -0.573. The molecule has 0 aromatic carbocycles. The molecule has 2 nitrogen and oxygen atoms in total. The fraction of sp³-hybridized carbons (Fsp3) is 0.850. The van der Waals surface area contributed by atoms with E-state index in [1.807, 2.05) is 0 Å². The van der Waals surface area contributed by atoms with Gasteiger partial charge in [-0.1, -0.05) is 137 Å². The van der Waals surface area contributed by atoms with Crippen LogP contribution in [0.15, 0.2) is 11.1 Å². The average Bonchev–Trinajstić information content (AvgIpc) is 2.57. The van der Waals surface area contributed by atoms with E-state index in [4.69, 9.17) is 51.1 Å². The molecule has 0 saturated heterocycles. The van der Waals surface area contributed by atoms with E-state index in [0.29, 0.717) is 6.61 Å². The molecule has 0 aliphatic heterocycles. The van der Waals surface area contributed by atoms with Crippen LogP contribution in [-0.4, -0.2) is 16.4 Å². The highest BCUT2D eigenvalue weighted by Gasteiger charge is 2.25. The number of unbranched alkanes of at least 4 members (excludes halogenated alkanes) is 13. The Morgan fingerprint density at radius 1 is 0.769 bits per heavy atom. The molecule has 0 saturated carbocycles. The van der Waals surface area contributed by atoms with Gasteiger partial charge >= 0.3 is 5.97 Å². The Morgan fingerprint density at radius 2 is 1.15 bits per heavy atom. The van der Waals surface area contributed by atoms with Gasteiger partial charge in [0, 0.05) is 6.08 Å². The first-order valence-electron chi connectivity index (χ1n) is 9.99. The number of allylic oxidation sites excluding steroid dienone is 1. The van der Waals surface area contributed by atoms with Crippen molar-refractivity contribution in [1.29, 1.82) is 0 Å². The molecule has 0 unspecified atom stereocenters. The Kier molecular flexibility index (Phi) is 17.7. The summed E-state index contributed by atoms with van der Waals surface area (Å²) < 4.78 is 3.26. The van der Waals surface area contributed by atoms with Gasteiger partial charge in [0.1, 0.15) is 0 Å². The smallest absolute Gasteiger partial charge is 0.332 e. The fourth-order valence-corrected chi connectivity index (χ4v) is 2.95. The summed E-state index contributed by atoms with van der Waals surface area (Å²) in [5.41, 5.74) is 0. The molecule has 0 aromatic rings. The van der Waals surface area contributed by atoms with E-state index in [-0.39, 0.29) is 5.03 Å². The van der Waals surface area contributed by atoms with Crippen LogP contribution >= 0.6 is 46.4 Å². The monoisotopic (exact) mass is 446 g/mol. The van der Waals surface area contributed by atoms with E-state index in [1.165, 1.54) is 77.0 Å². The summed E-state index contributed by atoms with van der Waals surface area (Å²) in [6, 6.07) is 0. The molecule has 154 valence electrons. The lowest BCUT2D eigenvalue weighted by Gasteiger charge is -2.08. The van der Waals surface area contributed by atoms with Crippen molar-refractivity contribution in [2.75, 3.05) is 6.61 Å². The van der Waals surface area contributed by atoms with Gasteiger partial charge in [0.25, 0.3) is 0 Å². The van der Waals surface area contributed by atoms with Gasteiger partial charge in [0.05, 0.1) is 11.6 Å². The molecule has 0 aliphatic carbocycles. The Bertz CT molecular complexity index is 378. The number of carbonyl (C=O) groups is 1. The molecular formula is C20H34Cl4O2. The third-order valence-electron chi connectivity index (χ3n) is 4.26. The molecule has 26 heavy (non-hydrogen) atoms. The van der Waals surface area contributed by atoms with E-state index < -0.39 is 9.76 Å². The Hall–Kier alpha value is 0.370. The summed E-state index contributed by atoms with van der Waals surface area (Å²) in [5, 5.41) is -0.159. The lowest BCUT2D eigenvalue weighted by molar-refractivity contribution is -0.137. The third kappa shape index (κ3) is 17.8. The van der Waals surface area contributed by atoms with Gasteiger partial charge < -0.3 is 4.74 Å². The van der Waals surface area contributed by atoms with Gasteiger partial charge in [-0.25, -0.2) is 4.79 Å². The summed E-state index contributed by atoms with van der Waals surface area (Å²) in [6.07, 6.45) is 19.1. The molecule has 0 aromatic heterocycles. The SMILES string of the molecule is CCCCCCCCCCCCCCCCOC(=O)/C=C(\Cl)C(Cl)(Cl)Cl. The first kappa shape index (κ1) is 26.4. The van der Waals surface area contributed by atoms with Crippen LogP contribution in [0.3, 0.4) is 0 Å². The lowest BCUT2D eigenvalue weighted by Crippen LogP contribution is -2.08. The van der Waals surface area contributed by atoms with Crippen molar-refractivity contribution in [1.82, 2.24) is 0 Å². The van der Waals surface area contributed by atoms with E-state index >= 15 is 0 Å². The maximum absolute atomic E-state index is 11.5. The highest BCUT2D eigenvalue weighted by atomic mass is 35.6. The van der Waals surface area contributed by atoms with Crippen LogP contribution in [0.1, 0.15) is 96.8 Å². The number of ether oxygens (including phenoxy) is 1. The summed E-state index contributed by atoms with van der Waals surface area (Å²) >= 11 is 22.3. The van der Waals surface area contributed by atoms with Gasteiger partial charge in [-0.2, -0.15) is 0 Å². The number of carbonyl (C=O) groups excluding carboxylic acids is 1. The molecule has 0 heterocycles. The summed E-state index contributed by atoms with van der Waals surface area (Å²) in [6.45, 7) is 2.63. The van der Waals surface area contributed by atoms with Crippen molar-refractivity contribution < 1.29 is 9.53 Å². The first-order valence-corrected chi connectivity index (χ1v) is 11.5. The molecular weight excluding hydrogens is 414 g/mol. The van der Waals surface area contributed by atoms with Crippen LogP contribution in [0.4, 0.5) is 0 Å². The Morgan fingerprint density at radius 3 is 1.54 bits per heavy atom. The van der Waals surface area contributed by atoms with Crippen molar-refractivity contribution >= 4 is 52.4 Å². The van der Waals surface area contributed by atoms with Gasteiger partial charge in [0.2, 0.25) is 3.79 Å². The van der Waals surface area contributed by atoms with Crippen molar-refractivity contribution in [3.05, 3.63) is 11.1 Å². The van der Waals surface area contributed by atoms with Crippen LogP contribution in [0.5, 0.6) is 0 Å². The molecule has 0 rings (SSSR count). The lowest BCUT2D eigenvalue weighted by atomic mass is 10.0. The zero-order valence-electron chi connectivity index (χ0n) is 16.0. The number of alkyl halides is 3. The molecule has 0 bridgehead atoms. The zero-order chi connectivity index (χ0) is 19.7. The van der Waals surface area contributed by atoms with E-state index in [2.05, 4.69) is 6.92 Å². The third-order valence-corrected chi connectivity index (χ3v) is 5.55. The quantitative estimate of drug-likeness (QED) is 0.102. The van der Waals surface area contributed by atoms with E-state index in [1.54, 1.807) is 0 Å². The Labute approximate surface area is 179 Å². The Balaban J connectivity index is 3.33. The largest absolute Gasteiger partial charge is 0.462 e. The summed E-state index contributed by atoms with van der Waals surface area (Å²) in [4.78, 5) is 11.5. The number of hydrogen-bond acceptors (Lipinski definition) is 2. The molecule has 0 atom stereocenters. The molecule has 0 spiro atoms. The second kappa shape index (κ2) is 17.5. The van der Waals surface area contributed by atoms with Crippen molar-refractivity contribution in [3.63, 3.8) is 0 Å². The van der Waals surface area contributed by atoms with E-state index in [0.717, 1.165) is 18.9 Å². The van der Waals surface area contributed by atoms with Crippen molar-refractivity contribution in [2.24, 2.45) is 0 Å². The average molecular weight is 448 g/mol. The fourth-order valence-electron chi connectivity index (χ4n) is 2.70. The molecule has 0 N–H and O–H groups in total. The maximum Gasteiger partial charge on any atom is 0.332 e. The van der Waals surface area contributed by atoms with Gasteiger partial charge in [-0.05, 0) is 6.42 Å². The second-order valence-corrected chi connectivity index (χ2v) is 9.44. The normalized spacial score (nSPS) is 12.4. The highest BCUT2D eigenvalue weighted by Crippen LogP contribution is 2.36. The van der Waals surface area contributed by atoms with Gasteiger partial charge in [-0.15, -0.1) is 0 Å². The number of rotatable bonds is 16. The molecule has 0 amide bonds. The zero-order valence-corrected chi connectivity index (χ0v) is 19.0. The summed E-state index contributed by atoms with van der Waals surface area (Å²) in [7, 11) is 0. The van der Waals surface area contributed by atoms with Crippen LogP contribution in [0.25, 0.3) is 0 Å². The topological polar surface area (TPSA) is 26.3 Å². The number of esters is 1.